The van der Waals surface area contributed by atoms with Gasteiger partial charge in [-0.1, -0.05) is 34.1 Å². The predicted octanol–water partition coefficient (Wildman–Crippen LogP) is 4.23. The first-order valence-corrected chi connectivity index (χ1v) is 7.96. The van der Waals surface area contributed by atoms with Crippen LogP contribution in [-0.4, -0.2) is 24.6 Å². The van der Waals surface area contributed by atoms with Gasteiger partial charge in [0, 0.05) is 0 Å². The normalized spacial score (nSPS) is 12.0. The summed E-state index contributed by atoms with van der Waals surface area (Å²) in [6, 6.07) is 6.40. The van der Waals surface area contributed by atoms with Gasteiger partial charge < -0.3 is 9.47 Å². The number of ether oxygens (including phenoxy) is 2. The minimum absolute atomic E-state index is 0.0480. The molecule has 1 atom stereocenters. The molecule has 0 aliphatic heterocycles. The van der Waals surface area contributed by atoms with Crippen LogP contribution in [0.15, 0.2) is 24.3 Å². The maximum absolute atomic E-state index is 12.0. The van der Waals surface area contributed by atoms with Crippen LogP contribution in [0.25, 0.3) is 0 Å². The molecule has 0 fully saturated rings. The standard InChI is InChI=1S/C18H26O4/c1-5-7-16(6-2)22-18(20)15-10-8-14(9-11-15)17(19)21-12-13(3)4/h8-11,13,16H,5-7,12H2,1-4H3. The quantitative estimate of drug-likeness (QED) is 0.674. The van der Waals surface area contributed by atoms with Gasteiger partial charge >= 0.3 is 11.9 Å². The van der Waals surface area contributed by atoms with Gasteiger partial charge in [0.1, 0.15) is 6.10 Å². The number of rotatable bonds is 8. The van der Waals surface area contributed by atoms with Crippen molar-refractivity contribution in [3.63, 3.8) is 0 Å². The van der Waals surface area contributed by atoms with Crippen LogP contribution in [0.1, 0.15) is 67.7 Å². The second-order valence-corrected chi connectivity index (χ2v) is 5.79. The second-order valence-electron chi connectivity index (χ2n) is 5.79. The first kappa shape index (κ1) is 18.2. The lowest BCUT2D eigenvalue weighted by Crippen LogP contribution is -2.17. The monoisotopic (exact) mass is 306 g/mol. The van der Waals surface area contributed by atoms with Gasteiger partial charge in [-0.05, 0) is 43.0 Å². The summed E-state index contributed by atoms with van der Waals surface area (Å²) in [7, 11) is 0. The summed E-state index contributed by atoms with van der Waals surface area (Å²) >= 11 is 0. The fourth-order valence-electron chi connectivity index (χ4n) is 1.96. The summed E-state index contributed by atoms with van der Waals surface area (Å²) in [6.07, 6.45) is 2.60. The van der Waals surface area contributed by atoms with Gasteiger partial charge in [0.15, 0.2) is 0 Å². The first-order chi connectivity index (χ1) is 10.5. The molecule has 0 radical (unpaired) electrons. The SMILES string of the molecule is CCCC(CC)OC(=O)c1ccc(C(=O)OCC(C)C)cc1. The van der Waals surface area contributed by atoms with Crippen LogP contribution in [-0.2, 0) is 9.47 Å². The fraction of sp³-hybridized carbons (Fsp3) is 0.556. The van der Waals surface area contributed by atoms with Crippen molar-refractivity contribution < 1.29 is 19.1 Å². The summed E-state index contributed by atoms with van der Waals surface area (Å²) < 4.78 is 10.6. The summed E-state index contributed by atoms with van der Waals surface area (Å²) in [5.41, 5.74) is 0.896. The van der Waals surface area contributed by atoms with Crippen LogP contribution in [0.5, 0.6) is 0 Å². The van der Waals surface area contributed by atoms with Crippen molar-refractivity contribution in [2.45, 2.75) is 53.1 Å². The Morgan fingerprint density at radius 3 is 2.00 bits per heavy atom. The van der Waals surface area contributed by atoms with Crippen molar-refractivity contribution in [3.8, 4) is 0 Å². The lowest BCUT2D eigenvalue weighted by atomic mass is 10.1. The molecule has 122 valence electrons. The van der Waals surface area contributed by atoms with Crippen molar-refractivity contribution in [1.82, 2.24) is 0 Å². The molecule has 4 heteroatoms. The Hall–Kier alpha value is -1.84. The zero-order valence-electron chi connectivity index (χ0n) is 13.9. The third-order valence-corrected chi connectivity index (χ3v) is 3.24. The van der Waals surface area contributed by atoms with E-state index < -0.39 is 0 Å². The molecule has 0 amide bonds. The Kier molecular flexibility index (Phi) is 7.64. The molecular formula is C18H26O4. The van der Waals surface area contributed by atoms with Crippen LogP contribution in [0.4, 0.5) is 0 Å². The van der Waals surface area contributed by atoms with Crippen LogP contribution >= 0.6 is 0 Å². The van der Waals surface area contributed by atoms with Crippen LogP contribution in [0, 0.1) is 5.92 Å². The Labute approximate surface area is 132 Å². The van der Waals surface area contributed by atoms with E-state index in [2.05, 4.69) is 6.92 Å². The number of hydrogen-bond acceptors (Lipinski definition) is 4. The molecule has 1 aromatic carbocycles. The highest BCUT2D eigenvalue weighted by molar-refractivity contribution is 5.93. The number of benzene rings is 1. The van der Waals surface area contributed by atoms with E-state index in [1.807, 2.05) is 20.8 Å². The smallest absolute Gasteiger partial charge is 0.338 e. The number of carbonyl (C=O) groups is 2. The van der Waals surface area contributed by atoms with E-state index in [-0.39, 0.29) is 18.0 Å². The molecule has 0 aliphatic carbocycles. The van der Waals surface area contributed by atoms with E-state index in [4.69, 9.17) is 9.47 Å². The van der Waals surface area contributed by atoms with Gasteiger partial charge in [-0.15, -0.1) is 0 Å². The van der Waals surface area contributed by atoms with Crippen molar-refractivity contribution in [2.24, 2.45) is 5.92 Å². The summed E-state index contributed by atoms with van der Waals surface area (Å²) in [5.74, 6) is -0.420. The maximum Gasteiger partial charge on any atom is 0.338 e. The van der Waals surface area contributed by atoms with Crippen molar-refractivity contribution >= 4 is 11.9 Å². The minimum atomic E-state index is -0.369. The lowest BCUT2D eigenvalue weighted by Gasteiger charge is -2.15. The average Bonchev–Trinajstić information content (AvgIpc) is 2.52. The summed E-state index contributed by atoms with van der Waals surface area (Å²) in [4.78, 5) is 23.8. The molecule has 0 aliphatic rings. The number of hydrogen-bond donors (Lipinski definition) is 0. The molecule has 4 nitrogen and oxygen atoms in total. The lowest BCUT2D eigenvalue weighted by molar-refractivity contribution is 0.0270. The second kappa shape index (κ2) is 9.23. The molecule has 0 aromatic heterocycles. The van der Waals surface area contributed by atoms with E-state index >= 15 is 0 Å². The summed E-state index contributed by atoms with van der Waals surface area (Å²) in [5, 5.41) is 0. The topological polar surface area (TPSA) is 52.6 Å². The molecule has 0 heterocycles. The third kappa shape index (κ3) is 5.88. The third-order valence-electron chi connectivity index (χ3n) is 3.24. The fourth-order valence-corrected chi connectivity index (χ4v) is 1.96. The van der Waals surface area contributed by atoms with E-state index in [0.29, 0.717) is 23.7 Å². The average molecular weight is 306 g/mol. The van der Waals surface area contributed by atoms with Gasteiger partial charge in [-0.25, -0.2) is 9.59 Å². The van der Waals surface area contributed by atoms with Gasteiger partial charge in [-0.2, -0.15) is 0 Å². The predicted molar refractivity (Wildman–Crippen MR) is 86.0 cm³/mol. The Morgan fingerprint density at radius 2 is 1.55 bits per heavy atom. The van der Waals surface area contributed by atoms with Gasteiger partial charge in [0.25, 0.3) is 0 Å². The molecule has 1 rings (SSSR count). The van der Waals surface area contributed by atoms with Gasteiger partial charge in [-0.3, -0.25) is 0 Å². The highest BCUT2D eigenvalue weighted by Gasteiger charge is 2.15. The van der Waals surface area contributed by atoms with Gasteiger partial charge in [0.05, 0.1) is 17.7 Å². The zero-order chi connectivity index (χ0) is 16.5. The van der Waals surface area contributed by atoms with Crippen LogP contribution in [0.2, 0.25) is 0 Å². The zero-order valence-corrected chi connectivity index (χ0v) is 13.9. The highest BCUT2D eigenvalue weighted by atomic mass is 16.5. The molecular weight excluding hydrogens is 280 g/mol. The Balaban J connectivity index is 2.63. The molecule has 0 bridgehead atoms. The minimum Gasteiger partial charge on any atom is -0.462 e. The van der Waals surface area contributed by atoms with E-state index in [9.17, 15) is 9.59 Å². The molecule has 0 saturated heterocycles. The van der Waals surface area contributed by atoms with Crippen molar-refractivity contribution in [3.05, 3.63) is 35.4 Å². The molecule has 0 N–H and O–H groups in total. The molecule has 1 unspecified atom stereocenters. The highest BCUT2D eigenvalue weighted by Crippen LogP contribution is 2.12. The van der Waals surface area contributed by atoms with Crippen LogP contribution < -0.4 is 0 Å². The van der Waals surface area contributed by atoms with Crippen LogP contribution in [0.3, 0.4) is 0 Å². The number of esters is 2. The van der Waals surface area contributed by atoms with E-state index in [0.717, 1.165) is 19.3 Å². The molecule has 0 saturated carbocycles. The Bertz CT molecular complexity index is 476. The molecule has 1 aromatic rings. The maximum atomic E-state index is 12.0. The van der Waals surface area contributed by atoms with Crippen molar-refractivity contribution in [2.75, 3.05) is 6.61 Å². The number of carbonyl (C=O) groups excluding carboxylic acids is 2. The first-order valence-electron chi connectivity index (χ1n) is 7.96. The van der Waals surface area contributed by atoms with Crippen molar-refractivity contribution in [1.29, 1.82) is 0 Å². The van der Waals surface area contributed by atoms with Gasteiger partial charge in [0.2, 0.25) is 0 Å². The largest absolute Gasteiger partial charge is 0.462 e. The van der Waals surface area contributed by atoms with E-state index in [1.54, 1.807) is 24.3 Å². The Morgan fingerprint density at radius 1 is 1.00 bits per heavy atom. The molecule has 22 heavy (non-hydrogen) atoms. The summed E-state index contributed by atoms with van der Waals surface area (Å²) in [6.45, 7) is 8.41. The molecule has 0 spiro atoms. The van der Waals surface area contributed by atoms with E-state index in [1.165, 1.54) is 0 Å².